The number of rotatable bonds is 5. The van der Waals surface area contributed by atoms with Crippen molar-refractivity contribution in [1.29, 1.82) is 0 Å². The highest BCUT2D eigenvalue weighted by Crippen LogP contribution is 2.34. The van der Waals surface area contributed by atoms with E-state index < -0.39 is 0 Å². The maximum absolute atomic E-state index is 14.4. The third kappa shape index (κ3) is 4.36. The highest BCUT2D eigenvalue weighted by molar-refractivity contribution is 7.21. The molecule has 1 aromatic carbocycles. The third-order valence-corrected chi connectivity index (χ3v) is 7.16. The normalized spacial score (nSPS) is 18.2. The zero-order valence-corrected chi connectivity index (χ0v) is 18.2. The Bertz CT molecular complexity index is 918. The zero-order valence-electron chi connectivity index (χ0n) is 17.4. The van der Waals surface area contributed by atoms with Gasteiger partial charge in [-0.1, -0.05) is 6.07 Å². The van der Waals surface area contributed by atoms with Crippen molar-refractivity contribution in [3.8, 4) is 0 Å². The fraction of sp³-hybridized carbons (Fsp3) is 0.545. The van der Waals surface area contributed by atoms with Crippen LogP contribution in [0.1, 0.15) is 34.5 Å². The number of nitrogens with zero attached hydrogens (tertiary/aromatic N) is 3. The summed E-state index contributed by atoms with van der Waals surface area (Å²) in [6, 6.07) is 4.92. The number of benzene rings is 1. The van der Waals surface area contributed by atoms with E-state index in [9.17, 15) is 14.0 Å². The van der Waals surface area contributed by atoms with E-state index in [0.717, 1.165) is 30.6 Å². The van der Waals surface area contributed by atoms with Crippen LogP contribution in [0.15, 0.2) is 18.2 Å². The molecule has 6 nitrogen and oxygen atoms in total. The fourth-order valence-corrected chi connectivity index (χ4v) is 5.50. The second kappa shape index (κ2) is 9.41. The summed E-state index contributed by atoms with van der Waals surface area (Å²) in [7, 11) is 1.55. The molecule has 3 heterocycles. The number of hydrogen-bond donors (Lipinski definition) is 0. The Labute approximate surface area is 180 Å². The molecule has 2 saturated heterocycles. The average Bonchev–Trinajstić information content (AvgIpc) is 3.14. The molecule has 0 radical (unpaired) electrons. The Balaban J connectivity index is 1.41. The predicted molar refractivity (Wildman–Crippen MR) is 115 cm³/mol. The van der Waals surface area contributed by atoms with Gasteiger partial charge in [0.05, 0.1) is 18.0 Å². The molecule has 0 N–H and O–H groups in total. The number of carbonyl (C=O) groups is 2. The number of ether oxygens (including phenoxy) is 1. The molecule has 162 valence electrons. The van der Waals surface area contributed by atoms with Crippen molar-refractivity contribution >= 4 is 33.2 Å². The van der Waals surface area contributed by atoms with Crippen molar-refractivity contribution in [3.05, 3.63) is 34.5 Å². The van der Waals surface area contributed by atoms with E-state index in [1.54, 1.807) is 13.2 Å². The number of fused-ring (bicyclic) bond motifs is 1. The van der Waals surface area contributed by atoms with E-state index in [-0.39, 0.29) is 24.2 Å². The van der Waals surface area contributed by atoms with Crippen molar-refractivity contribution in [2.24, 2.45) is 0 Å². The molecule has 2 fully saturated rings. The topological polar surface area (TPSA) is 53.1 Å². The minimum Gasteiger partial charge on any atom is -0.380 e. The fourth-order valence-electron chi connectivity index (χ4n) is 4.31. The second-order valence-electron chi connectivity index (χ2n) is 7.97. The van der Waals surface area contributed by atoms with Crippen LogP contribution in [0.5, 0.6) is 0 Å². The number of thiophene rings is 1. The van der Waals surface area contributed by atoms with Crippen LogP contribution in [-0.4, -0.2) is 79.4 Å². The minimum atomic E-state index is -0.323. The van der Waals surface area contributed by atoms with E-state index in [2.05, 4.69) is 4.90 Å². The van der Waals surface area contributed by atoms with Gasteiger partial charge in [-0.25, -0.2) is 4.39 Å². The quantitative estimate of drug-likeness (QED) is 0.728. The van der Waals surface area contributed by atoms with Gasteiger partial charge >= 0.3 is 0 Å². The lowest BCUT2D eigenvalue weighted by Crippen LogP contribution is -2.52. The lowest BCUT2D eigenvalue weighted by Gasteiger charge is -2.36. The summed E-state index contributed by atoms with van der Waals surface area (Å²) in [6.45, 7) is 4.82. The Morgan fingerprint density at radius 1 is 1.03 bits per heavy atom. The first-order valence-corrected chi connectivity index (χ1v) is 11.4. The second-order valence-corrected chi connectivity index (χ2v) is 9.02. The highest BCUT2D eigenvalue weighted by Gasteiger charge is 2.28. The van der Waals surface area contributed by atoms with Gasteiger partial charge in [0.15, 0.2) is 0 Å². The molecular formula is C22H28FN3O3S. The summed E-state index contributed by atoms with van der Waals surface area (Å²) >= 11 is 1.32. The van der Waals surface area contributed by atoms with Crippen LogP contribution < -0.4 is 0 Å². The number of halogens is 1. The number of methoxy groups -OCH3 is 1. The lowest BCUT2D eigenvalue weighted by atomic mass is 10.1. The first-order valence-electron chi connectivity index (χ1n) is 10.6. The maximum atomic E-state index is 14.4. The Morgan fingerprint density at radius 3 is 2.47 bits per heavy atom. The smallest absolute Gasteiger partial charge is 0.264 e. The van der Waals surface area contributed by atoms with Gasteiger partial charge in [-0.2, -0.15) is 0 Å². The molecule has 30 heavy (non-hydrogen) atoms. The van der Waals surface area contributed by atoms with Crippen molar-refractivity contribution in [3.63, 3.8) is 0 Å². The van der Waals surface area contributed by atoms with Gasteiger partial charge in [0, 0.05) is 62.0 Å². The molecule has 0 atom stereocenters. The highest BCUT2D eigenvalue weighted by atomic mass is 32.1. The number of amides is 2. The molecule has 0 aliphatic carbocycles. The predicted octanol–water partition coefficient (Wildman–Crippen LogP) is 2.96. The molecule has 2 aliphatic rings. The molecule has 0 saturated carbocycles. The first kappa shape index (κ1) is 21.2. The summed E-state index contributed by atoms with van der Waals surface area (Å²) in [6.07, 6.45) is 3.39. The molecule has 0 bridgehead atoms. The molecule has 8 heteroatoms. The molecule has 2 aliphatic heterocycles. The maximum Gasteiger partial charge on any atom is 0.264 e. The van der Waals surface area contributed by atoms with Crippen molar-refractivity contribution in [1.82, 2.24) is 14.7 Å². The molecule has 2 aromatic rings. The molecule has 2 amide bonds. The lowest BCUT2D eigenvalue weighted by molar-refractivity contribution is -0.133. The standard InChI is InChI=1S/C22H28FN3O3S/c1-29-15-16-20-17(23)6-5-7-18(20)30-21(16)22(28)26-12-10-24(11-13-26)14-19(27)25-8-3-2-4-9-25/h5-7H,2-4,8-15H2,1H3. The van der Waals surface area contributed by atoms with Crippen LogP contribution in [0, 0.1) is 5.82 Å². The summed E-state index contributed by atoms with van der Waals surface area (Å²) in [5.41, 5.74) is 0.628. The summed E-state index contributed by atoms with van der Waals surface area (Å²) < 4.78 is 20.4. The van der Waals surface area contributed by atoms with Gasteiger partial charge in [-0.3, -0.25) is 14.5 Å². The zero-order chi connectivity index (χ0) is 21.1. The third-order valence-electron chi connectivity index (χ3n) is 5.97. The molecule has 0 unspecified atom stereocenters. The summed E-state index contributed by atoms with van der Waals surface area (Å²) in [5.74, 6) is -0.211. The van der Waals surface area contributed by atoms with Gasteiger partial charge in [0.2, 0.25) is 5.91 Å². The van der Waals surface area contributed by atoms with Crippen molar-refractivity contribution < 1.29 is 18.7 Å². The van der Waals surface area contributed by atoms with Gasteiger partial charge in [0.25, 0.3) is 5.91 Å². The SMILES string of the molecule is COCc1c(C(=O)N2CCN(CC(=O)N3CCCCC3)CC2)sc2cccc(F)c12. The van der Waals surface area contributed by atoms with Crippen LogP contribution in [0.3, 0.4) is 0 Å². The van der Waals surface area contributed by atoms with Crippen LogP contribution in [-0.2, 0) is 16.1 Å². The van der Waals surface area contributed by atoms with Crippen LogP contribution in [0.25, 0.3) is 10.1 Å². The van der Waals surface area contributed by atoms with E-state index in [4.69, 9.17) is 4.74 Å². The van der Waals surface area contributed by atoms with Crippen LogP contribution >= 0.6 is 11.3 Å². The number of piperidine rings is 1. The summed E-state index contributed by atoms with van der Waals surface area (Å²) in [4.78, 5) is 32.2. The molecule has 1 aromatic heterocycles. The average molecular weight is 434 g/mol. The van der Waals surface area contributed by atoms with Crippen molar-refractivity contribution in [2.45, 2.75) is 25.9 Å². The van der Waals surface area contributed by atoms with Gasteiger partial charge in [-0.05, 0) is 31.4 Å². The van der Waals surface area contributed by atoms with Crippen molar-refractivity contribution in [2.75, 3.05) is 52.9 Å². The van der Waals surface area contributed by atoms with Crippen LogP contribution in [0.4, 0.5) is 4.39 Å². The van der Waals surface area contributed by atoms with Crippen LogP contribution in [0.2, 0.25) is 0 Å². The molecule has 0 spiro atoms. The first-order chi connectivity index (χ1) is 14.6. The number of likely N-dealkylation sites (tertiary alicyclic amines) is 1. The summed E-state index contributed by atoms with van der Waals surface area (Å²) in [5, 5.41) is 0.485. The van der Waals surface area contributed by atoms with E-state index in [1.165, 1.54) is 23.8 Å². The number of piperazine rings is 1. The largest absolute Gasteiger partial charge is 0.380 e. The van der Waals surface area contributed by atoms with E-state index >= 15 is 0 Å². The molecule has 4 rings (SSSR count). The molecular weight excluding hydrogens is 405 g/mol. The number of carbonyl (C=O) groups excluding carboxylic acids is 2. The van der Waals surface area contributed by atoms with Gasteiger partial charge < -0.3 is 14.5 Å². The number of hydrogen-bond acceptors (Lipinski definition) is 5. The minimum absolute atomic E-state index is 0.0790. The van der Waals surface area contributed by atoms with Gasteiger partial charge in [-0.15, -0.1) is 11.3 Å². The Hall–Kier alpha value is -2.03. The monoisotopic (exact) mass is 433 g/mol. The van der Waals surface area contributed by atoms with Gasteiger partial charge in [0.1, 0.15) is 5.82 Å². The Kier molecular flexibility index (Phi) is 6.65. The van der Waals surface area contributed by atoms with E-state index in [0.29, 0.717) is 48.6 Å². The van der Waals surface area contributed by atoms with E-state index in [1.807, 2.05) is 15.9 Å². The Morgan fingerprint density at radius 2 is 1.77 bits per heavy atom.